The van der Waals surface area contributed by atoms with Gasteiger partial charge < -0.3 is 5.32 Å². The Labute approximate surface area is 176 Å². The molecule has 0 aliphatic rings. The van der Waals surface area contributed by atoms with Gasteiger partial charge in [0.25, 0.3) is 5.91 Å². The second-order valence-corrected chi connectivity index (χ2v) is 7.49. The standard InChI is InChI=1S/C23H17F2N3OS/c1-30-17-6-2-14(3-7-17)11-27-23(29)21-9-4-15-12-26-13-19(22(15)28-21)18-10-16(24)5-8-20(18)25/h2-10,12-13H,11H2,1H3,(H,27,29). The van der Waals surface area contributed by atoms with Crippen molar-refractivity contribution in [2.45, 2.75) is 11.4 Å². The maximum absolute atomic E-state index is 14.3. The summed E-state index contributed by atoms with van der Waals surface area (Å²) >= 11 is 1.65. The Morgan fingerprint density at radius 3 is 2.57 bits per heavy atom. The van der Waals surface area contributed by atoms with Gasteiger partial charge in [-0.3, -0.25) is 9.78 Å². The molecular weight excluding hydrogens is 404 g/mol. The number of hydrogen-bond acceptors (Lipinski definition) is 4. The van der Waals surface area contributed by atoms with Crippen LogP contribution in [0.5, 0.6) is 0 Å². The molecule has 0 saturated heterocycles. The van der Waals surface area contributed by atoms with E-state index in [1.54, 1.807) is 30.1 Å². The number of aromatic nitrogens is 2. The Morgan fingerprint density at radius 1 is 1.00 bits per heavy atom. The van der Waals surface area contributed by atoms with E-state index >= 15 is 0 Å². The normalized spacial score (nSPS) is 10.9. The number of nitrogens with zero attached hydrogens (tertiary/aromatic N) is 2. The molecule has 0 fully saturated rings. The van der Waals surface area contributed by atoms with E-state index < -0.39 is 11.6 Å². The number of amides is 1. The lowest BCUT2D eigenvalue weighted by Crippen LogP contribution is -2.23. The van der Waals surface area contributed by atoms with Crippen LogP contribution in [-0.2, 0) is 6.54 Å². The molecular formula is C23H17F2N3OS. The van der Waals surface area contributed by atoms with Crippen molar-refractivity contribution in [3.8, 4) is 11.1 Å². The lowest BCUT2D eigenvalue weighted by Gasteiger charge is -2.09. The number of thioether (sulfide) groups is 1. The third-order valence-electron chi connectivity index (χ3n) is 4.66. The zero-order valence-corrected chi connectivity index (χ0v) is 16.8. The van der Waals surface area contributed by atoms with Crippen molar-refractivity contribution in [3.05, 3.63) is 89.9 Å². The van der Waals surface area contributed by atoms with Gasteiger partial charge in [-0.25, -0.2) is 13.8 Å². The summed E-state index contributed by atoms with van der Waals surface area (Å²) in [5.74, 6) is -1.51. The SMILES string of the molecule is CSc1ccc(CNC(=O)c2ccc3cncc(-c4cc(F)ccc4F)c3n2)cc1. The minimum Gasteiger partial charge on any atom is -0.347 e. The van der Waals surface area contributed by atoms with Crippen LogP contribution < -0.4 is 5.32 Å². The van der Waals surface area contributed by atoms with Crippen LogP contribution in [0.15, 0.2) is 71.9 Å². The second-order valence-electron chi connectivity index (χ2n) is 6.61. The molecule has 2 heterocycles. The van der Waals surface area contributed by atoms with E-state index in [0.29, 0.717) is 23.0 Å². The molecule has 4 aromatic rings. The van der Waals surface area contributed by atoms with Crippen molar-refractivity contribution in [3.63, 3.8) is 0 Å². The summed E-state index contributed by atoms with van der Waals surface area (Å²) < 4.78 is 28.0. The molecule has 0 bridgehead atoms. The quantitative estimate of drug-likeness (QED) is 0.449. The van der Waals surface area contributed by atoms with E-state index in [-0.39, 0.29) is 17.2 Å². The Kier molecular flexibility index (Phi) is 5.72. The molecule has 2 aromatic carbocycles. The van der Waals surface area contributed by atoms with Gasteiger partial charge in [0.1, 0.15) is 17.3 Å². The van der Waals surface area contributed by atoms with Crippen molar-refractivity contribution in [1.82, 2.24) is 15.3 Å². The smallest absolute Gasteiger partial charge is 0.270 e. The van der Waals surface area contributed by atoms with Gasteiger partial charge in [-0.1, -0.05) is 12.1 Å². The maximum Gasteiger partial charge on any atom is 0.270 e. The number of halogens is 2. The van der Waals surface area contributed by atoms with Crippen molar-refractivity contribution in [1.29, 1.82) is 0 Å². The molecule has 30 heavy (non-hydrogen) atoms. The predicted octanol–water partition coefficient (Wildman–Crippen LogP) is 5.23. The molecule has 0 unspecified atom stereocenters. The van der Waals surface area contributed by atoms with Crippen molar-refractivity contribution in [2.24, 2.45) is 0 Å². The molecule has 0 spiro atoms. The minimum absolute atomic E-state index is 0.0482. The zero-order chi connectivity index (χ0) is 21.1. The van der Waals surface area contributed by atoms with Gasteiger partial charge in [-0.2, -0.15) is 0 Å². The fraction of sp³-hybridized carbons (Fsp3) is 0.0870. The van der Waals surface area contributed by atoms with E-state index in [9.17, 15) is 13.6 Å². The highest BCUT2D eigenvalue weighted by molar-refractivity contribution is 7.98. The van der Waals surface area contributed by atoms with Crippen LogP contribution >= 0.6 is 11.8 Å². The summed E-state index contributed by atoms with van der Waals surface area (Å²) in [5, 5.41) is 3.46. The molecule has 1 amide bonds. The van der Waals surface area contributed by atoms with Crippen LogP contribution in [0.3, 0.4) is 0 Å². The molecule has 0 aliphatic carbocycles. The van der Waals surface area contributed by atoms with E-state index in [1.165, 1.54) is 6.20 Å². The fourth-order valence-electron chi connectivity index (χ4n) is 3.09. The van der Waals surface area contributed by atoms with Crippen LogP contribution in [0.25, 0.3) is 22.0 Å². The van der Waals surface area contributed by atoms with Gasteiger partial charge in [-0.15, -0.1) is 11.8 Å². The minimum atomic E-state index is -0.587. The van der Waals surface area contributed by atoms with E-state index in [1.807, 2.05) is 30.5 Å². The summed E-state index contributed by atoms with van der Waals surface area (Å²) in [7, 11) is 0. The molecule has 0 aliphatic heterocycles. The Bertz CT molecular complexity index is 1230. The first-order valence-electron chi connectivity index (χ1n) is 9.16. The van der Waals surface area contributed by atoms with Crippen molar-refractivity contribution < 1.29 is 13.6 Å². The summed E-state index contributed by atoms with van der Waals surface area (Å²) in [5.41, 5.74) is 1.91. The molecule has 150 valence electrons. The number of hydrogen-bond donors (Lipinski definition) is 1. The van der Waals surface area contributed by atoms with E-state index in [4.69, 9.17) is 0 Å². The summed E-state index contributed by atoms with van der Waals surface area (Å²) in [6, 6.07) is 14.4. The zero-order valence-electron chi connectivity index (χ0n) is 16.0. The number of carbonyl (C=O) groups is 1. The average Bonchev–Trinajstić information content (AvgIpc) is 2.78. The van der Waals surface area contributed by atoms with Crippen LogP contribution in [0.2, 0.25) is 0 Å². The molecule has 0 atom stereocenters. The lowest BCUT2D eigenvalue weighted by atomic mass is 10.0. The van der Waals surface area contributed by atoms with Crippen LogP contribution in [-0.4, -0.2) is 22.1 Å². The third kappa shape index (κ3) is 4.16. The van der Waals surface area contributed by atoms with Gasteiger partial charge in [0, 0.05) is 40.3 Å². The Morgan fingerprint density at radius 2 is 1.80 bits per heavy atom. The van der Waals surface area contributed by atoms with Crippen molar-refractivity contribution >= 4 is 28.6 Å². The van der Waals surface area contributed by atoms with Gasteiger partial charge in [0.05, 0.1) is 5.52 Å². The average molecular weight is 421 g/mol. The monoisotopic (exact) mass is 421 g/mol. The topological polar surface area (TPSA) is 54.9 Å². The highest BCUT2D eigenvalue weighted by Gasteiger charge is 2.14. The third-order valence-corrected chi connectivity index (χ3v) is 5.41. The fourth-order valence-corrected chi connectivity index (χ4v) is 3.50. The van der Waals surface area contributed by atoms with Crippen LogP contribution in [0, 0.1) is 11.6 Å². The van der Waals surface area contributed by atoms with E-state index in [0.717, 1.165) is 28.7 Å². The lowest BCUT2D eigenvalue weighted by molar-refractivity contribution is 0.0946. The highest BCUT2D eigenvalue weighted by Crippen LogP contribution is 2.29. The highest BCUT2D eigenvalue weighted by atomic mass is 32.2. The number of benzene rings is 2. The largest absolute Gasteiger partial charge is 0.347 e. The number of nitrogens with one attached hydrogen (secondary N) is 1. The summed E-state index contributed by atoms with van der Waals surface area (Å²) in [6.07, 6.45) is 4.99. The number of carbonyl (C=O) groups excluding carboxylic acids is 1. The van der Waals surface area contributed by atoms with Crippen LogP contribution in [0.4, 0.5) is 8.78 Å². The maximum atomic E-state index is 14.3. The summed E-state index contributed by atoms with van der Waals surface area (Å²) in [6.45, 7) is 0.356. The van der Waals surface area contributed by atoms with Gasteiger partial charge in [0.2, 0.25) is 0 Å². The molecule has 1 N–H and O–H groups in total. The summed E-state index contributed by atoms with van der Waals surface area (Å²) in [4.78, 5) is 22.3. The Hall–Kier alpha value is -3.32. The molecule has 2 aromatic heterocycles. The van der Waals surface area contributed by atoms with Crippen LogP contribution in [0.1, 0.15) is 16.1 Å². The van der Waals surface area contributed by atoms with Gasteiger partial charge in [0.15, 0.2) is 0 Å². The number of rotatable bonds is 5. The van der Waals surface area contributed by atoms with E-state index in [2.05, 4.69) is 15.3 Å². The van der Waals surface area contributed by atoms with Crippen molar-refractivity contribution in [2.75, 3.05) is 6.26 Å². The molecule has 0 radical (unpaired) electrons. The molecule has 4 nitrogen and oxygen atoms in total. The first kappa shape index (κ1) is 20.0. The molecule has 0 saturated carbocycles. The number of fused-ring (bicyclic) bond motifs is 1. The Balaban J connectivity index is 1.63. The first-order chi connectivity index (χ1) is 14.5. The molecule has 4 rings (SSSR count). The first-order valence-corrected chi connectivity index (χ1v) is 10.4. The van der Waals surface area contributed by atoms with Gasteiger partial charge >= 0.3 is 0 Å². The van der Waals surface area contributed by atoms with Gasteiger partial charge in [-0.05, 0) is 54.3 Å². The predicted molar refractivity (Wildman–Crippen MR) is 114 cm³/mol. The second kappa shape index (κ2) is 8.59. The number of pyridine rings is 2. The molecule has 7 heteroatoms.